The molecule has 6 nitrogen and oxygen atoms in total. The second-order valence-corrected chi connectivity index (χ2v) is 6.43. The summed E-state index contributed by atoms with van der Waals surface area (Å²) >= 11 is 0. The predicted molar refractivity (Wildman–Crippen MR) is 72.1 cm³/mol. The first-order valence-electron chi connectivity index (χ1n) is 5.83. The van der Waals surface area contributed by atoms with Crippen LogP contribution in [0.25, 0.3) is 0 Å². The number of carboxylic acids is 1. The van der Waals surface area contributed by atoms with Gasteiger partial charge in [0, 0.05) is 5.69 Å². The molecule has 0 saturated heterocycles. The maximum atomic E-state index is 12.1. The van der Waals surface area contributed by atoms with Crippen LogP contribution in [0, 0.1) is 5.92 Å². The standard InChI is InChI=1S/C12H18N2O4S/c1-8(2)6-11(12(15)16)14-19(17,18)10-5-3-4-9(13)7-10/h3-5,7-8,11,14H,6,13H2,1-2H3,(H,15,16)/t11-/m0/s1. The number of anilines is 1. The van der Waals surface area contributed by atoms with Crippen molar-refractivity contribution in [2.45, 2.75) is 31.2 Å². The number of carboxylic acid groups (broad SMARTS) is 1. The van der Waals surface area contributed by atoms with Gasteiger partial charge in [-0.15, -0.1) is 0 Å². The summed E-state index contributed by atoms with van der Waals surface area (Å²) in [5.74, 6) is -1.13. The van der Waals surface area contributed by atoms with Gasteiger partial charge in [-0.25, -0.2) is 8.42 Å². The third-order valence-electron chi connectivity index (χ3n) is 2.47. The number of sulfonamides is 1. The lowest BCUT2D eigenvalue weighted by atomic mass is 10.1. The van der Waals surface area contributed by atoms with Crippen LogP contribution in [0.3, 0.4) is 0 Å². The van der Waals surface area contributed by atoms with Gasteiger partial charge in [0.15, 0.2) is 0 Å². The van der Waals surface area contributed by atoms with Crippen molar-refractivity contribution in [3.05, 3.63) is 24.3 Å². The minimum absolute atomic E-state index is 0.0393. The Hall–Kier alpha value is -1.60. The topological polar surface area (TPSA) is 109 Å². The quantitative estimate of drug-likeness (QED) is 0.677. The van der Waals surface area contributed by atoms with Gasteiger partial charge in [0.1, 0.15) is 6.04 Å². The summed E-state index contributed by atoms with van der Waals surface area (Å²) in [6.45, 7) is 3.65. The van der Waals surface area contributed by atoms with Crippen LogP contribution in [0.5, 0.6) is 0 Å². The van der Waals surface area contributed by atoms with E-state index in [1.54, 1.807) is 6.07 Å². The molecule has 0 fully saturated rings. The number of rotatable bonds is 6. The zero-order valence-electron chi connectivity index (χ0n) is 10.8. The average Bonchev–Trinajstić information content (AvgIpc) is 2.27. The largest absolute Gasteiger partial charge is 0.480 e. The monoisotopic (exact) mass is 286 g/mol. The summed E-state index contributed by atoms with van der Waals surface area (Å²) in [5, 5.41) is 9.04. The third-order valence-corrected chi connectivity index (χ3v) is 3.94. The van der Waals surface area contributed by atoms with E-state index in [0.717, 1.165) is 0 Å². The van der Waals surface area contributed by atoms with Crippen LogP contribution in [0.4, 0.5) is 5.69 Å². The highest BCUT2D eigenvalue weighted by molar-refractivity contribution is 7.89. The van der Waals surface area contributed by atoms with E-state index in [9.17, 15) is 13.2 Å². The minimum Gasteiger partial charge on any atom is -0.480 e. The zero-order chi connectivity index (χ0) is 14.6. The van der Waals surface area contributed by atoms with E-state index in [2.05, 4.69) is 4.72 Å². The summed E-state index contributed by atoms with van der Waals surface area (Å²) in [6.07, 6.45) is 0.219. The molecule has 0 saturated carbocycles. The number of nitrogen functional groups attached to an aromatic ring is 1. The fraction of sp³-hybridized carbons (Fsp3) is 0.417. The molecule has 0 spiro atoms. The fourth-order valence-corrected chi connectivity index (χ4v) is 2.86. The molecule has 0 bridgehead atoms. The number of benzene rings is 1. The van der Waals surface area contributed by atoms with Crippen LogP contribution >= 0.6 is 0 Å². The van der Waals surface area contributed by atoms with Gasteiger partial charge in [0.25, 0.3) is 0 Å². The van der Waals surface area contributed by atoms with Crippen LogP contribution in [0.1, 0.15) is 20.3 Å². The summed E-state index contributed by atoms with van der Waals surface area (Å²) in [6, 6.07) is 4.57. The molecule has 0 aliphatic carbocycles. The van der Waals surface area contributed by atoms with Gasteiger partial charge >= 0.3 is 5.97 Å². The second kappa shape index (κ2) is 6.03. The second-order valence-electron chi connectivity index (χ2n) is 4.71. The van der Waals surface area contributed by atoms with Crippen LogP contribution in [0.15, 0.2) is 29.2 Å². The normalized spacial score (nSPS) is 13.4. The highest BCUT2D eigenvalue weighted by atomic mass is 32.2. The Kier molecular flexibility index (Phi) is 4.90. The van der Waals surface area contributed by atoms with Gasteiger partial charge in [-0.1, -0.05) is 19.9 Å². The summed E-state index contributed by atoms with van der Waals surface area (Å²) < 4.78 is 26.3. The van der Waals surface area contributed by atoms with E-state index >= 15 is 0 Å². The Morgan fingerprint density at radius 1 is 1.42 bits per heavy atom. The van der Waals surface area contributed by atoms with Crippen molar-refractivity contribution in [3.8, 4) is 0 Å². The van der Waals surface area contributed by atoms with Crippen molar-refractivity contribution in [2.24, 2.45) is 5.92 Å². The van der Waals surface area contributed by atoms with E-state index in [1.807, 2.05) is 13.8 Å². The number of aliphatic carboxylic acids is 1. The van der Waals surface area contributed by atoms with Gasteiger partial charge < -0.3 is 10.8 Å². The molecule has 0 heterocycles. The van der Waals surface area contributed by atoms with Gasteiger partial charge in [0.2, 0.25) is 10.0 Å². The highest BCUT2D eigenvalue weighted by Crippen LogP contribution is 2.15. The summed E-state index contributed by atoms with van der Waals surface area (Å²) in [5.41, 5.74) is 5.82. The lowest BCUT2D eigenvalue weighted by molar-refractivity contribution is -0.139. The summed E-state index contributed by atoms with van der Waals surface area (Å²) in [7, 11) is -3.88. The highest BCUT2D eigenvalue weighted by Gasteiger charge is 2.26. The third kappa shape index (κ3) is 4.53. The lowest BCUT2D eigenvalue weighted by Crippen LogP contribution is -2.41. The van der Waals surface area contributed by atoms with Crippen LogP contribution in [0.2, 0.25) is 0 Å². The van der Waals surface area contributed by atoms with E-state index in [4.69, 9.17) is 10.8 Å². The molecule has 1 aromatic rings. The Bertz CT molecular complexity index is 555. The maximum Gasteiger partial charge on any atom is 0.321 e. The van der Waals surface area contributed by atoms with Gasteiger partial charge in [-0.3, -0.25) is 4.79 Å². The molecule has 19 heavy (non-hydrogen) atoms. The number of hydrogen-bond donors (Lipinski definition) is 3. The molecule has 1 atom stereocenters. The first kappa shape index (κ1) is 15.5. The Morgan fingerprint density at radius 3 is 2.53 bits per heavy atom. The molecule has 0 aliphatic rings. The van der Waals surface area contributed by atoms with E-state index in [0.29, 0.717) is 5.69 Å². The maximum absolute atomic E-state index is 12.1. The molecular formula is C12H18N2O4S. The van der Waals surface area contributed by atoms with Crippen LogP contribution < -0.4 is 10.5 Å². The molecule has 0 radical (unpaired) electrons. The number of carbonyl (C=O) groups is 1. The van der Waals surface area contributed by atoms with Crippen molar-refractivity contribution in [1.82, 2.24) is 4.72 Å². The molecule has 0 amide bonds. The SMILES string of the molecule is CC(C)C[C@H](NS(=O)(=O)c1cccc(N)c1)C(=O)O. The molecule has 7 heteroatoms. The van der Waals surface area contributed by atoms with Gasteiger partial charge in [-0.05, 0) is 30.5 Å². The molecular weight excluding hydrogens is 268 g/mol. The number of hydrogen-bond acceptors (Lipinski definition) is 4. The van der Waals surface area contributed by atoms with Crippen molar-refractivity contribution in [3.63, 3.8) is 0 Å². The van der Waals surface area contributed by atoms with Crippen molar-refractivity contribution < 1.29 is 18.3 Å². The first-order valence-corrected chi connectivity index (χ1v) is 7.31. The zero-order valence-corrected chi connectivity index (χ0v) is 11.6. The first-order chi connectivity index (χ1) is 8.72. The predicted octanol–water partition coefficient (Wildman–Crippen LogP) is 1.05. The van der Waals surface area contributed by atoms with Crippen molar-refractivity contribution in [1.29, 1.82) is 0 Å². The van der Waals surface area contributed by atoms with Crippen LogP contribution in [-0.2, 0) is 14.8 Å². The lowest BCUT2D eigenvalue weighted by Gasteiger charge is -2.16. The molecule has 106 valence electrons. The number of nitrogens with two attached hydrogens (primary N) is 1. The average molecular weight is 286 g/mol. The van der Waals surface area contributed by atoms with E-state index in [-0.39, 0.29) is 17.2 Å². The smallest absolute Gasteiger partial charge is 0.321 e. The Labute approximate surface area is 112 Å². The summed E-state index contributed by atoms with van der Waals surface area (Å²) in [4.78, 5) is 11.0. The van der Waals surface area contributed by atoms with Crippen molar-refractivity contribution >= 4 is 21.7 Å². The molecule has 0 aromatic heterocycles. The molecule has 0 aliphatic heterocycles. The van der Waals surface area contributed by atoms with Gasteiger partial charge in [0.05, 0.1) is 4.90 Å². The molecule has 1 rings (SSSR count). The van der Waals surface area contributed by atoms with Crippen LogP contribution in [-0.4, -0.2) is 25.5 Å². The van der Waals surface area contributed by atoms with Crippen molar-refractivity contribution in [2.75, 3.05) is 5.73 Å². The minimum atomic E-state index is -3.88. The molecule has 0 unspecified atom stereocenters. The van der Waals surface area contributed by atoms with E-state index in [1.165, 1.54) is 18.2 Å². The Balaban J connectivity index is 2.97. The van der Waals surface area contributed by atoms with Gasteiger partial charge in [-0.2, -0.15) is 4.72 Å². The molecule has 4 N–H and O–H groups in total. The Morgan fingerprint density at radius 2 is 2.05 bits per heavy atom. The van der Waals surface area contributed by atoms with E-state index < -0.39 is 22.0 Å². The fourth-order valence-electron chi connectivity index (χ4n) is 1.61. The molecule has 1 aromatic carbocycles. The number of nitrogens with one attached hydrogen (secondary N) is 1.